The third-order valence-electron chi connectivity index (χ3n) is 2.19. The van der Waals surface area contributed by atoms with E-state index in [-0.39, 0.29) is 12.5 Å². The Balaban J connectivity index is 4.33. The Morgan fingerprint density at radius 1 is 1.20 bits per heavy atom. The summed E-state index contributed by atoms with van der Waals surface area (Å²) in [6, 6.07) is 0. The molecule has 4 N–H and O–H groups in total. The Hall–Kier alpha value is -0.200. The van der Waals surface area contributed by atoms with E-state index in [0.29, 0.717) is 0 Å². The van der Waals surface area contributed by atoms with Gasteiger partial charge in [0.1, 0.15) is 12.3 Å². The topological polar surface area (TPSA) is 84.9 Å². The molecule has 0 aliphatic carbocycles. The van der Waals surface area contributed by atoms with Crippen LogP contribution in [-0.2, 0) is 9.47 Å². The minimum absolute atomic E-state index is 0.0723. The molecule has 5 heteroatoms. The molecule has 0 radical (unpaired) electrons. The molecule has 0 fully saturated rings. The number of hydrogen-bond donors (Lipinski definition) is 3. The molecular formula is C10H23NO4. The molecular weight excluding hydrogens is 198 g/mol. The maximum Gasteiger partial charge on any atom is 0.129 e. The van der Waals surface area contributed by atoms with Crippen molar-refractivity contribution in [3.63, 3.8) is 0 Å². The second-order valence-electron chi connectivity index (χ2n) is 4.07. The highest BCUT2D eigenvalue weighted by Gasteiger charge is 2.26. The second-order valence-corrected chi connectivity index (χ2v) is 4.07. The van der Waals surface area contributed by atoms with Crippen LogP contribution in [0.1, 0.15) is 20.8 Å². The molecule has 0 rings (SSSR count). The molecule has 0 aliphatic heterocycles. The molecule has 0 bridgehead atoms. The van der Waals surface area contributed by atoms with Crippen molar-refractivity contribution in [2.24, 2.45) is 11.7 Å². The highest BCUT2D eigenvalue weighted by atomic mass is 16.6. The Morgan fingerprint density at radius 3 is 2.00 bits per heavy atom. The number of methoxy groups -OCH3 is 1. The SMILES string of the molecule is COCC(OC(C(C)C)[C@@H](N)O)[C@H](C)O. The number of rotatable bonds is 7. The molecule has 0 saturated heterocycles. The van der Waals surface area contributed by atoms with Gasteiger partial charge in [0.25, 0.3) is 0 Å². The first-order valence-electron chi connectivity index (χ1n) is 5.16. The van der Waals surface area contributed by atoms with Crippen molar-refractivity contribution in [2.75, 3.05) is 13.7 Å². The molecule has 92 valence electrons. The predicted molar refractivity (Wildman–Crippen MR) is 57.3 cm³/mol. The van der Waals surface area contributed by atoms with E-state index >= 15 is 0 Å². The summed E-state index contributed by atoms with van der Waals surface area (Å²) in [6.07, 6.45) is -2.69. The fraction of sp³-hybridized carbons (Fsp3) is 1.00. The number of aliphatic hydroxyl groups is 2. The third-order valence-corrected chi connectivity index (χ3v) is 2.19. The molecule has 5 nitrogen and oxygen atoms in total. The van der Waals surface area contributed by atoms with Gasteiger partial charge in [0.05, 0.1) is 18.8 Å². The van der Waals surface area contributed by atoms with Crippen molar-refractivity contribution in [1.29, 1.82) is 0 Å². The van der Waals surface area contributed by atoms with E-state index in [1.54, 1.807) is 6.92 Å². The van der Waals surface area contributed by atoms with Crippen LogP contribution in [0.3, 0.4) is 0 Å². The average molecular weight is 221 g/mol. The van der Waals surface area contributed by atoms with Crippen LogP contribution in [-0.4, -0.2) is 48.5 Å². The van der Waals surface area contributed by atoms with Crippen LogP contribution >= 0.6 is 0 Å². The monoisotopic (exact) mass is 221 g/mol. The molecule has 0 aromatic carbocycles. The summed E-state index contributed by atoms with van der Waals surface area (Å²) in [5, 5.41) is 18.7. The summed E-state index contributed by atoms with van der Waals surface area (Å²) in [7, 11) is 1.53. The molecule has 0 aliphatic rings. The fourth-order valence-electron chi connectivity index (χ4n) is 1.29. The van der Waals surface area contributed by atoms with Crippen molar-refractivity contribution < 1.29 is 19.7 Å². The largest absolute Gasteiger partial charge is 0.391 e. The standard InChI is InChI=1S/C10H23NO4/c1-6(2)9(10(11)13)15-8(5-14-4)7(3)12/h6-10,12-13H,5,11H2,1-4H3/t7-,8?,9?,10-/m0/s1. The van der Waals surface area contributed by atoms with Crippen LogP contribution in [0.25, 0.3) is 0 Å². The van der Waals surface area contributed by atoms with Gasteiger partial charge >= 0.3 is 0 Å². The Morgan fingerprint density at radius 2 is 1.73 bits per heavy atom. The minimum Gasteiger partial charge on any atom is -0.391 e. The molecule has 0 aromatic heterocycles. The van der Waals surface area contributed by atoms with Gasteiger partial charge in [-0.05, 0) is 12.8 Å². The lowest BCUT2D eigenvalue weighted by Gasteiger charge is -2.30. The first-order chi connectivity index (χ1) is 6.90. The lowest BCUT2D eigenvalue weighted by atomic mass is 10.1. The van der Waals surface area contributed by atoms with Gasteiger partial charge in [-0.15, -0.1) is 0 Å². The first kappa shape index (κ1) is 14.8. The van der Waals surface area contributed by atoms with E-state index in [1.807, 2.05) is 13.8 Å². The molecule has 4 atom stereocenters. The normalized spacial score (nSPS) is 20.0. The highest BCUT2D eigenvalue weighted by molar-refractivity contribution is 4.73. The van der Waals surface area contributed by atoms with Gasteiger partial charge in [-0.1, -0.05) is 13.8 Å². The summed E-state index contributed by atoms with van der Waals surface area (Å²) in [6.45, 7) is 5.68. The molecule has 2 unspecified atom stereocenters. The van der Waals surface area contributed by atoms with E-state index in [9.17, 15) is 10.2 Å². The Kier molecular flexibility index (Phi) is 7.04. The van der Waals surface area contributed by atoms with Crippen molar-refractivity contribution in [3.05, 3.63) is 0 Å². The van der Waals surface area contributed by atoms with Crippen LogP contribution in [0.2, 0.25) is 0 Å². The smallest absolute Gasteiger partial charge is 0.129 e. The lowest BCUT2D eigenvalue weighted by molar-refractivity contribution is -0.144. The van der Waals surface area contributed by atoms with Crippen LogP contribution in [0, 0.1) is 5.92 Å². The predicted octanol–water partition coefficient (Wildman–Crippen LogP) is -0.299. The van der Waals surface area contributed by atoms with E-state index in [0.717, 1.165) is 0 Å². The van der Waals surface area contributed by atoms with Gasteiger partial charge in [-0.2, -0.15) is 0 Å². The van der Waals surface area contributed by atoms with Crippen molar-refractivity contribution >= 4 is 0 Å². The number of nitrogens with two attached hydrogens (primary N) is 1. The van der Waals surface area contributed by atoms with E-state index in [1.165, 1.54) is 7.11 Å². The lowest BCUT2D eigenvalue weighted by Crippen LogP contribution is -2.45. The van der Waals surface area contributed by atoms with Crippen molar-refractivity contribution in [3.8, 4) is 0 Å². The fourth-order valence-corrected chi connectivity index (χ4v) is 1.29. The minimum atomic E-state index is -1.05. The molecule has 0 saturated carbocycles. The molecule has 15 heavy (non-hydrogen) atoms. The van der Waals surface area contributed by atoms with Gasteiger partial charge < -0.3 is 25.4 Å². The third kappa shape index (κ3) is 5.44. The summed E-state index contributed by atoms with van der Waals surface area (Å²) < 4.78 is 10.4. The van der Waals surface area contributed by atoms with Crippen molar-refractivity contribution in [1.82, 2.24) is 0 Å². The van der Waals surface area contributed by atoms with Gasteiger partial charge in [-0.3, -0.25) is 0 Å². The number of ether oxygens (including phenoxy) is 2. The van der Waals surface area contributed by atoms with Crippen LogP contribution in [0.5, 0.6) is 0 Å². The summed E-state index contributed by atoms with van der Waals surface area (Å²) in [4.78, 5) is 0. The van der Waals surface area contributed by atoms with Gasteiger partial charge in [0.2, 0.25) is 0 Å². The first-order valence-corrected chi connectivity index (χ1v) is 5.16. The number of hydrogen-bond acceptors (Lipinski definition) is 5. The Bertz CT molecular complexity index is 154. The van der Waals surface area contributed by atoms with Crippen molar-refractivity contribution in [2.45, 2.75) is 45.3 Å². The van der Waals surface area contributed by atoms with E-state index in [4.69, 9.17) is 15.2 Å². The van der Waals surface area contributed by atoms with E-state index < -0.39 is 24.5 Å². The molecule has 0 aromatic rings. The summed E-state index contributed by atoms with van der Waals surface area (Å²) in [5.74, 6) is 0.0723. The van der Waals surface area contributed by atoms with Crippen LogP contribution < -0.4 is 5.73 Å². The maximum absolute atomic E-state index is 9.43. The maximum atomic E-state index is 9.43. The zero-order chi connectivity index (χ0) is 12.0. The molecule has 0 heterocycles. The zero-order valence-electron chi connectivity index (χ0n) is 9.88. The van der Waals surface area contributed by atoms with E-state index in [2.05, 4.69) is 0 Å². The van der Waals surface area contributed by atoms with Gasteiger partial charge in [-0.25, -0.2) is 0 Å². The zero-order valence-corrected chi connectivity index (χ0v) is 9.88. The molecule has 0 spiro atoms. The highest BCUT2D eigenvalue weighted by Crippen LogP contribution is 2.13. The Labute approximate surface area is 91.2 Å². The van der Waals surface area contributed by atoms with Crippen LogP contribution in [0.4, 0.5) is 0 Å². The van der Waals surface area contributed by atoms with Gasteiger partial charge in [0, 0.05) is 7.11 Å². The van der Waals surface area contributed by atoms with Crippen LogP contribution in [0.15, 0.2) is 0 Å². The number of aliphatic hydroxyl groups excluding tert-OH is 2. The summed E-state index contributed by atoms with van der Waals surface area (Å²) >= 11 is 0. The summed E-state index contributed by atoms with van der Waals surface area (Å²) in [5.41, 5.74) is 5.39. The van der Waals surface area contributed by atoms with Gasteiger partial charge in [0.15, 0.2) is 0 Å². The second kappa shape index (κ2) is 7.14. The average Bonchev–Trinajstić information content (AvgIpc) is 2.10. The molecule has 0 amide bonds. The quantitative estimate of drug-likeness (QED) is 0.514.